The molecule has 0 spiro atoms. The summed E-state index contributed by atoms with van der Waals surface area (Å²) in [6.07, 6.45) is 3.10. The third-order valence-corrected chi connectivity index (χ3v) is 3.92. The van der Waals surface area contributed by atoms with Crippen molar-refractivity contribution in [2.45, 2.75) is 19.9 Å². The van der Waals surface area contributed by atoms with Crippen LogP contribution < -0.4 is 10.9 Å². The molecule has 0 fully saturated rings. The molecule has 128 valence electrons. The van der Waals surface area contributed by atoms with Crippen molar-refractivity contribution in [2.75, 3.05) is 0 Å². The molecule has 2 N–H and O–H groups in total. The van der Waals surface area contributed by atoms with Gasteiger partial charge >= 0.3 is 0 Å². The van der Waals surface area contributed by atoms with E-state index in [4.69, 9.17) is 11.6 Å². The number of nitrogens with zero attached hydrogens (tertiary/aromatic N) is 3. The number of amides is 2. The molecule has 0 aliphatic carbocycles. The smallest absolute Gasteiger partial charge is 0.267 e. The Morgan fingerprint density at radius 3 is 2.56 bits per heavy atom. The highest BCUT2D eigenvalue weighted by molar-refractivity contribution is 6.33. The number of aromatic nitrogens is 3. The second kappa shape index (κ2) is 6.90. The minimum Gasteiger partial charge on any atom is -0.267 e. The van der Waals surface area contributed by atoms with Gasteiger partial charge in [-0.3, -0.25) is 20.4 Å². The molecule has 3 rings (SSSR count). The maximum Gasteiger partial charge on any atom is 0.271 e. The molecule has 0 atom stereocenters. The summed E-state index contributed by atoms with van der Waals surface area (Å²) < 4.78 is 1.77. The monoisotopic (exact) mass is 357 g/mol. The van der Waals surface area contributed by atoms with Crippen LogP contribution in [0.2, 0.25) is 5.02 Å². The van der Waals surface area contributed by atoms with Gasteiger partial charge in [0.2, 0.25) is 0 Å². The Hall–Kier alpha value is -2.93. The Labute approximate surface area is 149 Å². The molecule has 0 saturated carbocycles. The van der Waals surface area contributed by atoms with Crippen molar-refractivity contribution in [3.63, 3.8) is 0 Å². The zero-order valence-corrected chi connectivity index (χ0v) is 14.4. The summed E-state index contributed by atoms with van der Waals surface area (Å²) in [5, 5.41) is 5.31. The van der Waals surface area contributed by atoms with Crippen LogP contribution in [0.5, 0.6) is 0 Å². The number of hydrazine groups is 1. The molecule has 0 unspecified atom stereocenters. The average molecular weight is 358 g/mol. The van der Waals surface area contributed by atoms with Crippen LogP contribution in [-0.4, -0.2) is 26.6 Å². The van der Waals surface area contributed by atoms with Crippen LogP contribution in [0.4, 0.5) is 0 Å². The van der Waals surface area contributed by atoms with Gasteiger partial charge in [0.25, 0.3) is 11.8 Å². The fourth-order valence-electron chi connectivity index (χ4n) is 2.34. The first-order chi connectivity index (χ1) is 12.0. The Balaban J connectivity index is 1.72. The molecule has 0 aliphatic heterocycles. The lowest BCUT2D eigenvalue weighted by molar-refractivity contribution is 0.0846. The number of benzene rings is 1. The number of rotatable bonds is 3. The normalized spacial score (nSPS) is 10.9. The van der Waals surface area contributed by atoms with E-state index in [1.54, 1.807) is 41.2 Å². The van der Waals surface area contributed by atoms with E-state index >= 15 is 0 Å². The number of nitrogens with one attached hydrogen (secondary N) is 2. The molecule has 2 aromatic heterocycles. The highest BCUT2D eigenvalue weighted by Gasteiger charge is 2.14. The van der Waals surface area contributed by atoms with Crippen LogP contribution in [0.1, 0.15) is 40.6 Å². The number of hydrogen-bond acceptors (Lipinski definition) is 4. The first-order valence-corrected chi connectivity index (χ1v) is 8.03. The zero-order valence-electron chi connectivity index (χ0n) is 13.7. The molecular formula is C17H16ClN5O2. The first-order valence-electron chi connectivity index (χ1n) is 7.66. The number of hydrogen-bond donors (Lipinski definition) is 2. The van der Waals surface area contributed by atoms with Gasteiger partial charge < -0.3 is 0 Å². The van der Waals surface area contributed by atoms with E-state index in [-0.39, 0.29) is 11.6 Å². The summed E-state index contributed by atoms with van der Waals surface area (Å²) >= 11 is 5.95. The van der Waals surface area contributed by atoms with E-state index in [9.17, 15) is 9.59 Å². The topological polar surface area (TPSA) is 88.9 Å². The third kappa shape index (κ3) is 3.46. The Kier molecular flexibility index (Phi) is 4.67. The minimum atomic E-state index is -0.499. The molecule has 2 amide bonds. The van der Waals surface area contributed by atoms with E-state index in [1.807, 2.05) is 13.8 Å². The van der Waals surface area contributed by atoms with E-state index in [0.717, 1.165) is 5.39 Å². The van der Waals surface area contributed by atoms with Gasteiger partial charge in [0.15, 0.2) is 5.65 Å². The van der Waals surface area contributed by atoms with Crippen LogP contribution in [0.25, 0.3) is 11.0 Å². The molecule has 0 aliphatic rings. The van der Waals surface area contributed by atoms with Gasteiger partial charge in [-0.2, -0.15) is 5.10 Å². The van der Waals surface area contributed by atoms with Crippen molar-refractivity contribution in [1.82, 2.24) is 25.6 Å². The van der Waals surface area contributed by atoms with Crippen molar-refractivity contribution < 1.29 is 9.59 Å². The standard InChI is InChI=1S/C17H16ClN5O2/c1-10(2)23-15-11(9-20-23)7-12(8-19-15)16(24)21-22-17(25)13-5-3-4-6-14(13)18/h3-10H,1-2H3,(H,21,24)(H,22,25). The fourth-order valence-corrected chi connectivity index (χ4v) is 2.56. The molecule has 0 bridgehead atoms. The zero-order chi connectivity index (χ0) is 18.0. The summed E-state index contributed by atoms with van der Waals surface area (Å²) in [7, 11) is 0. The maximum absolute atomic E-state index is 12.2. The Morgan fingerprint density at radius 1 is 1.12 bits per heavy atom. The van der Waals surface area contributed by atoms with Crippen molar-refractivity contribution >= 4 is 34.4 Å². The maximum atomic E-state index is 12.2. The number of carbonyl (C=O) groups excluding carboxylic acids is 2. The highest BCUT2D eigenvalue weighted by atomic mass is 35.5. The lowest BCUT2D eigenvalue weighted by Crippen LogP contribution is -2.41. The van der Waals surface area contributed by atoms with Gasteiger partial charge in [0.05, 0.1) is 22.3 Å². The number of halogens is 1. The predicted octanol–water partition coefficient (Wildman–Crippen LogP) is 2.74. The summed E-state index contributed by atoms with van der Waals surface area (Å²) in [6.45, 7) is 4.00. The molecule has 25 heavy (non-hydrogen) atoms. The Morgan fingerprint density at radius 2 is 1.84 bits per heavy atom. The average Bonchev–Trinajstić information content (AvgIpc) is 3.03. The molecule has 0 radical (unpaired) electrons. The van der Waals surface area contributed by atoms with E-state index in [0.29, 0.717) is 16.2 Å². The van der Waals surface area contributed by atoms with E-state index in [1.165, 1.54) is 6.20 Å². The van der Waals surface area contributed by atoms with Gasteiger partial charge in [-0.1, -0.05) is 23.7 Å². The molecule has 2 heterocycles. The van der Waals surface area contributed by atoms with Gasteiger partial charge in [-0.15, -0.1) is 0 Å². The molecule has 1 aromatic carbocycles. The van der Waals surface area contributed by atoms with Crippen LogP contribution in [0.3, 0.4) is 0 Å². The Bertz CT molecular complexity index is 951. The van der Waals surface area contributed by atoms with Gasteiger partial charge in [0.1, 0.15) is 0 Å². The quantitative estimate of drug-likeness (QED) is 0.705. The van der Waals surface area contributed by atoms with Crippen molar-refractivity contribution in [3.05, 3.63) is 58.9 Å². The van der Waals surface area contributed by atoms with Crippen LogP contribution >= 0.6 is 11.6 Å². The second-order valence-electron chi connectivity index (χ2n) is 5.71. The van der Waals surface area contributed by atoms with Crippen molar-refractivity contribution in [3.8, 4) is 0 Å². The minimum absolute atomic E-state index is 0.166. The predicted molar refractivity (Wildman–Crippen MR) is 94.3 cm³/mol. The lowest BCUT2D eigenvalue weighted by Gasteiger charge is -2.09. The number of pyridine rings is 1. The molecule has 8 heteroatoms. The number of carbonyl (C=O) groups is 2. The highest BCUT2D eigenvalue weighted by Crippen LogP contribution is 2.17. The first kappa shape index (κ1) is 16.9. The summed E-state index contributed by atoms with van der Waals surface area (Å²) in [4.78, 5) is 28.6. The SMILES string of the molecule is CC(C)n1ncc2cc(C(=O)NNC(=O)c3ccccc3Cl)cnc21. The lowest BCUT2D eigenvalue weighted by atomic mass is 10.2. The fraction of sp³-hybridized carbons (Fsp3) is 0.176. The largest absolute Gasteiger partial charge is 0.271 e. The van der Waals surface area contributed by atoms with Crippen molar-refractivity contribution in [2.24, 2.45) is 0 Å². The molecule has 7 nitrogen and oxygen atoms in total. The van der Waals surface area contributed by atoms with Crippen molar-refractivity contribution in [1.29, 1.82) is 0 Å². The van der Waals surface area contributed by atoms with Crippen LogP contribution in [0.15, 0.2) is 42.7 Å². The molecule has 0 saturated heterocycles. The van der Waals surface area contributed by atoms with Gasteiger partial charge in [-0.05, 0) is 32.0 Å². The third-order valence-electron chi connectivity index (χ3n) is 3.59. The van der Waals surface area contributed by atoms with Gasteiger partial charge in [0, 0.05) is 17.6 Å². The second-order valence-corrected chi connectivity index (χ2v) is 6.12. The summed E-state index contributed by atoms with van der Waals surface area (Å²) in [5.74, 6) is -0.979. The number of fused-ring (bicyclic) bond motifs is 1. The van der Waals surface area contributed by atoms with Crippen LogP contribution in [-0.2, 0) is 0 Å². The summed E-state index contributed by atoms with van der Waals surface area (Å²) in [5.41, 5.74) is 5.98. The van der Waals surface area contributed by atoms with Gasteiger partial charge in [-0.25, -0.2) is 9.67 Å². The summed E-state index contributed by atoms with van der Waals surface area (Å²) in [6, 6.07) is 8.41. The van der Waals surface area contributed by atoms with E-state index in [2.05, 4.69) is 20.9 Å². The van der Waals surface area contributed by atoms with Crippen LogP contribution in [0, 0.1) is 0 Å². The molecule has 3 aromatic rings. The molecular weight excluding hydrogens is 342 g/mol. The van der Waals surface area contributed by atoms with E-state index < -0.39 is 11.8 Å².